The Morgan fingerprint density at radius 2 is 2.38 bits per heavy atom. The van der Waals surface area contributed by atoms with E-state index in [1.165, 1.54) is 0 Å². The molecule has 21 heavy (non-hydrogen) atoms. The fourth-order valence-electron chi connectivity index (χ4n) is 2.26. The number of carbonyl (C=O) groups is 2. The highest BCUT2D eigenvalue weighted by molar-refractivity contribution is 5.89. The van der Waals surface area contributed by atoms with Gasteiger partial charge in [0.25, 0.3) is 0 Å². The molecular formula is C15H15N3O3. The summed E-state index contributed by atoms with van der Waals surface area (Å²) in [4.78, 5) is 25.6. The van der Waals surface area contributed by atoms with Gasteiger partial charge in [-0.25, -0.2) is 4.79 Å². The maximum atomic E-state index is 11.8. The van der Waals surface area contributed by atoms with Crippen molar-refractivity contribution in [1.82, 2.24) is 10.3 Å². The summed E-state index contributed by atoms with van der Waals surface area (Å²) in [7, 11) is 0. The van der Waals surface area contributed by atoms with Crippen LogP contribution >= 0.6 is 0 Å². The number of ether oxygens (including phenoxy) is 1. The average Bonchev–Trinajstić information content (AvgIpc) is 2.90. The smallest absolute Gasteiger partial charge is 0.328 e. The molecule has 1 aromatic carbocycles. The van der Waals surface area contributed by atoms with Crippen LogP contribution in [0.4, 0.5) is 0 Å². The van der Waals surface area contributed by atoms with E-state index in [0.29, 0.717) is 12.0 Å². The third-order valence-electron chi connectivity index (χ3n) is 3.17. The van der Waals surface area contributed by atoms with Crippen molar-refractivity contribution in [2.75, 3.05) is 6.61 Å². The van der Waals surface area contributed by atoms with Gasteiger partial charge in [0, 0.05) is 23.5 Å². The van der Waals surface area contributed by atoms with Gasteiger partial charge < -0.3 is 15.0 Å². The molecule has 1 amide bonds. The summed E-state index contributed by atoms with van der Waals surface area (Å²) in [5.74, 6) is -0.492. The van der Waals surface area contributed by atoms with Crippen LogP contribution in [0.25, 0.3) is 10.9 Å². The molecule has 0 spiro atoms. The topological polar surface area (TPSA) is 95.0 Å². The first-order valence-electron chi connectivity index (χ1n) is 6.56. The SMILES string of the molecule is CCOC(=O)C(Cc1c[nH]c2cccc(C#N)c12)NC=O. The van der Waals surface area contributed by atoms with Gasteiger partial charge in [0.1, 0.15) is 6.04 Å². The Labute approximate surface area is 121 Å². The zero-order valence-corrected chi connectivity index (χ0v) is 11.6. The number of carbonyl (C=O) groups excluding carboxylic acids is 2. The number of nitriles is 1. The Hall–Kier alpha value is -2.81. The summed E-state index contributed by atoms with van der Waals surface area (Å²) in [6.07, 6.45) is 2.47. The molecule has 0 saturated carbocycles. The van der Waals surface area contributed by atoms with Crippen LogP contribution in [0.15, 0.2) is 24.4 Å². The van der Waals surface area contributed by atoms with Crippen molar-refractivity contribution >= 4 is 23.3 Å². The predicted octanol–water partition coefficient (Wildman–Crippen LogP) is 1.26. The zero-order chi connectivity index (χ0) is 15.2. The predicted molar refractivity (Wildman–Crippen MR) is 76.3 cm³/mol. The standard InChI is InChI=1S/C15H15N3O3/c1-2-21-15(20)13(18-9-19)6-11-8-17-12-5-3-4-10(7-16)14(11)12/h3-5,8-9,13,17H,2,6H2,1H3,(H,18,19). The maximum Gasteiger partial charge on any atom is 0.328 e. The summed E-state index contributed by atoms with van der Waals surface area (Å²) in [5, 5.41) is 12.4. The molecule has 2 aromatic rings. The molecule has 0 saturated heterocycles. The van der Waals surface area contributed by atoms with Gasteiger partial charge in [0.15, 0.2) is 0 Å². The number of benzene rings is 1. The summed E-state index contributed by atoms with van der Waals surface area (Å²) in [6.45, 7) is 1.95. The van der Waals surface area contributed by atoms with E-state index in [1.54, 1.807) is 25.3 Å². The molecule has 0 aliphatic rings. The molecule has 0 aliphatic heterocycles. The minimum atomic E-state index is -0.770. The van der Waals surface area contributed by atoms with Crippen molar-refractivity contribution < 1.29 is 14.3 Å². The van der Waals surface area contributed by atoms with E-state index in [2.05, 4.69) is 16.4 Å². The molecule has 2 N–H and O–H groups in total. The van der Waals surface area contributed by atoms with E-state index < -0.39 is 12.0 Å². The van der Waals surface area contributed by atoms with Crippen LogP contribution in [0.2, 0.25) is 0 Å². The van der Waals surface area contributed by atoms with Crippen LogP contribution in [0.3, 0.4) is 0 Å². The molecule has 1 atom stereocenters. The molecule has 6 nitrogen and oxygen atoms in total. The molecule has 0 bridgehead atoms. The lowest BCUT2D eigenvalue weighted by molar-refractivity contribution is -0.146. The average molecular weight is 285 g/mol. The van der Waals surface area contributed by atoms with E-state index in [1.807, 2.05) is 6.07 Å². The fourth-order valence-corrected chi connectivity index (χ4v) is 2.26. The van der Waals surface area contributed by atoms with Crippen LogP contribution in [-0.4, -0.2) is 30.0 Å². The van der Waals surface area contributed by atoms with Gasteiger partial charge in [-0.15, -0.1) is 0 Å². The highest BCUT2D eigenvalue weighted by Crippen LogP contribution is 2.23. The van der Waals surface area contributed by atoms with Crippen LogP contribution < -0.4 is 5.32 Å². The van der Waals surface area contributed by atoms with E-state index >= 15 is 0 Å². The van der Waals surface area contributed by atoms with E-state index in [0.717, 1.165) is 16.5 Å². The summed E-state index contributed by atoms with van der Waals surface area (Å²) < 4.78 is 4.94. The molecule has 0 radical (unpaired) electrons. The van der Waals surface area contributed by atoms with Crippen LogP contribution in [0.1, 0.15) is 18.1 Å². The third kappa shape index (κ3) is 3.03. The Morgan fingerprint density at radius 3 is 3.05 bits per heavy atom. The second-order valence-corrected chi connectivity index (χ2v) is 4.45. The number of nitrogens with zero attached hydrogens (tertiary/aromatic N) is 1. The number of H-pyrrole nitrogens is 1. The van der Waals surface area contributed by atoms with Crippen LogP contribution in [0, 0.1) is 11.3 Å². The summed E-state index contributed by atoms with van der Waals surface area (Å²) in [6, 6.07) is 6.71. The van der Waals surface area contributed by atoms with Crippen LogP contribution in [0.5, 0.6) is 0 Å². The molecule has 1 aromatic heterocycles. The highest BCUT2D eigenvalue weighted by Gasteiger charge is 2.21. The number of rotatable bonds is 6. The van der Waals surface area contributed by atoms with E-state index in [4.69, 9.17) is 4.74 Å². The first-order chi connectivity index (χ1) is 10.2. The second kappa shape index (κ2) is 6.57. The largest absolute Gasteiger partial charge is 0.464 e. The fraction of sp³-hybridized carbons (Fsp3) is 0.267. The first-order valence-corrected chi connectivity index (χ1v) is 6.56. The van der Waals surface area contributed by atoms with Gasteiger partial charge in [-0.1, -0.05) is 6.07 Å². The normalized spacial score (nSPS) is 11.6. The Morgan fingerprint density at radius 1 is 1.57 bits per heavy atom. The van der Waals surface area contributed by atoms with Crippen molar-refractivity contribution in [3.8, 4) is 6.07 Å². The molecule has 1 unspecified atom stereocenters. The van der Waals surface area contributed by atoms with Gasteiger partial charge >= 0.3 is 5.97 Å². The van der Waals surface area contributed by atoms with Crippen molar-refractivity contribution in [2.45, 2.75) is 19.4 Å². The molecule has 0 fully saturated rings. The van der Waals surface area contributed by atoms with Crippen molar-refractivity contribution in [2.24, 2.45) is 0 Å². The van der Waals surface area contributed by atoms with Crippen LogP contribution in [-0.2, 0) is 20.7 Å². The van der Waals surface area contributed by atoms with Crippen molar-refractivity contribution in [1.29, 1.82) is 5.26 Å². The third-order valence-corrected chi connectivity index (χ3v) is 3.17. The van der Waals surface area contributed by atoms with Gasteiger partial charge in [-0.05, 0) is 24.6 Å². The number of hydrogen-bond acceptors (Lipinski definition) is 4. The number of aromatic nitrogens is 1. The molecular weight excluding hydrogens is 270 g/mol. The summed E-state index contributed by atoms with van der Waals surface area (Å²) in [5.41, 5.74) is 2.13. The Bertz CT molecular complexity index is 700. The van der Waals surface area contributed by atoms with E-state index in [-0.39, 0.29) is 13.0 Å². The number of esters is 1. The monoisotopic (exact) mass is 285 g/mol. The van der Waals surface area contributed by atoms with Gasteiger partial charge in [0.05, 0.1) is 18.2 Å². The number of aromatic amines is 1. The lowest BCUT2D eigenvalue weighted by Gasteiger charge is -2.14. The number of hydrogen-bond donors (Lipinski definition) is 2. The van der Waals surface area contributed by atoms with Gasteiger partial charge in [0.2, 0.25) is 6.41 Å². The first kappa shape index (κ1) is 14.6. The van der Waals surface area contributed by atoms with E-state index in [9.17, 15) is 14.9 Å². The lowest BCUT2D eigenvalue weighted by atomic mass is 10.0. The number of amides is 1. The number of fused-ring (bicyclic) bond motifs is 1. The Balaban J connectivity index is 2.35. The Kier molecular flexibility index (Phi) is 4.57. The molecule has 108 valence electrons. The van der Waals surface area contributed by atoms with Crippen molar-refractivity contribution in [3.05, 3.63) is 35.5 Å². The second-order valence-electron chi connectivity index (χ2n) is 4.45. The minimum absolute atomic E-state index is 0.243. The van der Waals surface area contributed by atoms with Gasteiger partial charge in [-0.2, -0.15) is 5.26 Å². The molecule has 2 rings (SSSR count). The summed E-state index contributed by atoms with van der Waals surface area (Å²) >= 11 is 0. The highest BCUT2D eigenvalue weighted by atomic mass is 16.5. The molecule has 0 aliphatic carbocycles. The molecule has 6 heteroatoms. The maximum absolute atomic E-state index is 11.8. The quantitative estimate of drug-likeness (QED) is 0.617. The van der Waals surface area contributed by atoms with Gasteiger partial charge in [-0.3, -0.25) is 4.79 Å². The molecule has 1 heterocycles. The van der Waals surface area contributed by atoms with Crippen molar-refractivity contribution in [3.63, 3.8) is 0 Å². The zero-order valence-electron chi connectivity index (χ0n) is 11.6. The number of nitrogens with one attached hydrogen (secondary N) is 2. The lowest BCUT2D eigenvalue weighted by Crippen LogP contribution is -2.39. The minimum Gasteiger partial charge on any atom is -0.464 e.